The molecule has 1 aliphatic heterocycles. The van der Waals surface area contributed by atoms with Crippen molar-refractivity contribution in [2.75, 3.05) is 6.54 Å². The minimum absolute atomic E-state index is 0.0179. The molecule has 2 nitrogen and oxygen atoms in total. The van der Waals surface area contributed by atoms with E-state index in [1.807, 2.05) is 0 Å². The molecule has 2 atom stereocenters. The molecule has 0 bridgehead atoms. The second-order valence-electron chi connectivity index (χ2n) is 4.47. The monoisotopic (exact) mass is 267 g/mol. The maximum Gasteiger partial charge on any atom is 0.413 e. The number of halogens is 3. The summed E-state index contributed by atoms with van der Waals surface area (Å²) >= 11 is 0. The van der Waals surface area contributed by atoms with Crippen LogP contribution in [0.1, 0.15) is 18.0 Å². The summed E-state index contributed by atoms with van der Waals surface area (Å²) in [6.45, 7) is -0.0472. The fourth-order valence-electron chi connectivity index (χ4n) is 2.27. The van der Waals surface area contributed by atoms with E-state index < -0.39 is 24.0 Å². The van der Waals surface area contributed by atoms with Crippen LogP contribution in [0.2, 0.25) is 0 Å². The van der Waals surface area contributed by atoms with Gasteiger partial charge in [-0.25, -0.2) is 0 Å². The predicted molar refractivity (Wildman–Crippen MR) is 63.9 cm³/mol. The van der Waals surface area contributed by atoms with Crippen molar-refractivity contribution < 1.29 is 18.0 Å². The molecule has 1 fully saturated rings. The lowest BCUT2D eigenvalue weighted by molar-refractivity contribution is -0.189. The van der Waals surface area contributed by atoms with Crippen LogP contribution in [0.5, 0.6) is 0 Å². The Kier molecular flexibility index (Phi) is 3.52. The van der Waals surface area contributed by atoms with Crippen LogP contribution in [0.4, 0.5) is 13.2 Å². The lowest BCUT2D eigenvalue weighted by Gasteiger charge is -2.30. The number of likely N-dealkylation sites (tertiary alicyclic amines) is 1. The highest BCUT2D eigenvalue weighted by atomic mass is 19.4. The summed E-state index contributed by atoms with van der Waals surface area (Å²) in [5.41, 5.74) is 0.0565. The molecule has 0 N–H and O–H groups in total. The molecule has 0 aromatic heterocycles. The molecule has 2 rings (SSSR count). The maximum atomic E-state index is 13.2. The average Bonchev–Trinajstić information content (AvgIpc) is 2.71. The summed E-state index contributed by atoms with van der Waals surface area (Å²) in [4.78, 5) is 12.6. The Morgan fingerprint density at radius 1 is 1.32 bits per heavy atom. The first-order valence-electron chi connectivity index (χ1n) is 5.80. The number of hydrogen-bond acceptors (Lipinski definition) is 1. The number of amides is 1. The molecule has 1 aromatic carbocycles. The Hall–Kier alpha value is -1.96. The van der Waals surface area contributed by atoms with E-state index in [1.54, 1.807) is 6.07 Å². The number of hydrogen-bond donors (Lipinski definition) is 0. The Morgan fingerprint density at radius 3 is 2.42 bits per heavy atom. The lowest BCUT2D eigenvalue weighted by Crippen LogP contribution is -2.39. The average molecular weight is 267 g/mol. The summed E-state index contributed by atoms with van der Waals surface area (Å²) < 4.78 is 39.6. The Morgan fingerprint density at radius 2 is 1.95 bits per heavy atom. The number of alkyl halides is 3. The number of carbonyl (C=O) groups excluding carboxylic acids is 1. The highest BCUT2D eigenvalue weighted by Crippen LogP contribution is 2.40. The normalized spacial score (nSPS) is 21.3. The summed E-state index contributed by atoms with van der Waals surface area (Å²) in [6.07, 6.45) is 0.665. The molecule has 0 saturated carbocycles. The van der Waals surface area contributed by atoms with Gasteiger partial charge in [-0.3, -0.25) is 4.79 Å². The highest BCUT2D eigenvalue weighted by Gasteiger charge is 2.48. The zero-order valence-corrected chi connectivity index (χ0v) is 10.0. The van der Waals surface area contributed by atoms with Gasteiger partial charge in [-0.1, -0.05) is 30.3 Å². The highest BCUT2D eigenvalue weighted by molar-refractivity contribution is 5.80. The van der Waals surface area contributed by atoms with Crippen LogP contribution >= 0.6 is 0 Å². The van der Waals surface area contributed by atoms with Crippen LogP contribution in [0.3, 0.4) is 0 Å². The van der Waals surface area contributed by atoms with Crippen LogP contribution in [0, 0.1) is 18.3 Å². The van der Waals surface area contributed by atoms with Gasteiger partial charge in [0.05, 0.1) is 0 Å². The Labute approximate surface area is 109 Å². The third kappa shape index (κ3) is 2.73. The molecule has 19 heavy (non-hydrogen) atoms. The van der Waals surface area contributed by atoms with Gasteiger partial charge in [-0.2, -0.15) is 13.2 Å². The molecular weight excluding hydrogens is 255 g/mol. The minimum Gasteiger partial charge on any atom is -0.325 e. The van der Waals surface area contributed by atoms with Gasteiger partial charge in [0.15, 0.2) is 6.04 Å². The smallest absolute Gasteiger partial charge is 0.325 e. The maximum absolute atomic E-state index is 13.2. The van der Waals surface area contributed by atoms with E-state index in [9.17, 15) is 18.0 Å². The van der Waals surface area contributed by atoms with Crippen LogP contribution in [-0.4, -0.2) is 23.5 Å². The van der Waals surface area contributed by atoms with E-state index in [0.29, 0.717) is 0 Å². The van der Waals surface area contributed by atoms with Crippen molar-refractivity contribution in [2.24, 2.45) is 5.92 Å². The molecule has 1 aromatic rings. The summed E-state index contributed by atoms with van der Waals surface area (Å²) in [6, 6.07) is 5.50. The SMILES string of the molecule is C#CC1CC(=O)N(C(c2ccccc2)C(F)(F)F)C1. The zero-order chi connectivity index (χ0) is 14.0. The van der Waals surface area contributed by atoms with E-state index in [-0.39, 0.29) is 18.5 Å². The van der Waals surface area contributed by atoms with Crippen molar-refractivity contribution in [1.29, 1.82) is 0 Å². The largest absolute Gasteiger partial charge is 0.413 e. The van der Waals surface area contributed by atoms with Gasteiger partial charge in [-0.15, -0.1) is 12.3 Å². The number of nitrogens with zero attached hydrogens (tertiary/aromatic N) is 1. The minimum atomic E-state index is -4.51. The molecule has 1 heterocycles. The predicted octanol–water partition coefficient (Wildman–Crippen LogP) is 2.77. The van der Waals surface area contributed by atoms with Crippen molar-refractivity contribution in [1.82, 2.24) is 4.90 Å². The third-order valence-corrected chi connectivity index (χ3v) is 3.13. The topological polar surface area (TPSA) is 20.3 Å². The Balaban J connectivity index is 2.36. The molecule has 100 valence electrons. The molecule has 0 radical (unpaired) electrons. The van der Waals surface area contributed by atoms with Crippen LogP contribution in [0.15, 0.2) is 30.3 Å². The molecule has 5 heteroatoms. The molecule has 0 aliphatic carbocycles. The van der Waals surface area contributed by atoms with Gasteiger partial charge >= 0.3 is 6.18 Å². The third-order valence-electron chi connectivity index (χ3n) is 3.13. The van der Waals surface area contributed by atoms with E-state index >= 15 is 0 Å². The van der Waals surface area contributed by atoms with Gasteiger partial charge in [0.2, 0.25) is 5.91 Å². The quantitative estimate of drug-likeness (QED) is 0.754. The molecular formula is C14H12F3NO. The van der Waals surface area contributed by atoms with Crippen molar-refractivity contribution in [3.8, 4) is 12.3 Å². The fourth-order valence-corrected chi connectivity index (χ4v) is 2.27. The molecule has 0 spiro atoms. The number of carbonyl (C=O) groups is 1. The molecule has 1 saturated heterocycles. The van der Waals surface area contributed by atoms with Crippen molar-refractivity contribution in [2.45, 2.75) is 18.6 Å². The first-order valence-corrected chi connectivity index (χ1v) is 5.80. The van der Waals surface area contributed by atoms with Gasteiger partial charge < -0.3 is 4.90 Å². The van der Waals surface area contributed by atoms with Crippen LogP contribution in [-0.2, 0) is 4.79 Å². The fraction of sp³-hybridized carbons (Fsp3) is 0.357. The summed E-state index contributed by atoms with van der Waals surface area (Å²) in [5, 5.41) is 0. The van der Waals surface area contributed by atoms with Crippen LogP contribution < -0.4 is 0 Å². The van der Waals surface area contributed by atoms with Crippen LogP contribution in [0.25, 0.3) is 0 Å². The Bertz CT molecular complexity index is 504. The van der Waals surface area contributed by atoms with Crippen molar-refractivity contribution in [3.05, 3.63) is 35.9 Å². The van der Waals surface area contributed by atoms with E-state index in [1.165, 1.54) is 24.3 Å². The second-order valence-corrected chi connectivity index (χ2v) is 4.47. The van der Waals surface area contributed by atoms with Crippen molar-refractivity contribution in [3.63, 3.8) is 0 Å². The van der Waals surface area contributed by atoms with Gasteiger partial charge in [0.25, 0.3) is 0 Å². The zero-order valence-electron chi connectivity index (χ0n) is 10.0. The number of rotatable bonds is 2. The van der Waals surface area contributed by atoms with Crippen molar-refractivity contribution >= 4 is 5.91 Å². The first-order chi connectivity index (χ1) is 8.93. The van der Waals surface area contributed by atoms with E-state index in [2.05, 4.69) is 5.92 Å². The standard InChI is InChI=1S/C14H12F3NO/c1-2-10-8-12(19)18(9-10)13(14(15,16)17)11-6-4-3-5-7-11/h1,3-7,10,13H,8-9H2. The first kappa shape index (κ1) is 13.5. The van der Waals surface area contributed by atoms with Gasteiger partial charge in [-0.05, 0) is 5.56 Å². The second kappa shape index (κ2) is 4.96. The van der Waals surface area contributed by atoms with Gasteiger partial charge in [0.1, 0.15) is 0 Å². The summed E-state index contributed by atoms with van der Waals surface area (Å²) in [7, 11) is 0. The summed E-state index contributed by atoms with van der Waals surface area (Å²) in [5.74, 6) is 1.36. The van der Waals surface area contributed by atoms with E-state index in [4.69, 9.17) is 6.42 Å². The van der Waals surface area contributed by atoms with E-state index in [0.717, 1.165) is 4.90 Å². The number of benzene rings is 1. The molecule has 2 unspecified atom stereocenters. The lowest BCUT2D eigenvalue weighted by atomic mass is 10.1. The molecule has 1 amide bonds. The van der Waals surface area contributed by atoms with Gasteiger partial charge in [0, 0.05) is 18.9 Å². The molecule has 1 aliphatic rings. The number of terminal acetylenes is 1.